The van der Waals surface area contributed by atoms with Gasteiger partial charge in [0.15, 0.2) is 0 Å². The smallest absolute Gasteiger partial charge is 0.347 e. The molecule has 1 heterocycles. The highest BCUT2D eigenvalue weighted by Gasteiger charge is 2.22. The minimum Gasteiger partial charge on any atom is -0.401 e. The van der Waals surface area contributed by atoms with Gasteiger partial charge in [0.25, 0.3) is 5.69 Å². The molecule has 0 bridgehead atoms. The lowest BCUT2D eigenvalue weighted by Gasteiger charge is -2.06. The topological polar surface area (TPSA) is 87.3 Å². The molecule has 0 aliphatic rings. The Kier molecular flexibility index (Phi) is 4.84. The van der Waals surface area contributed by atoms with Crippen LogP contribution in [0, 0.1) is 10.1 Å². The molecule has 0 aliphatic carbocycles. The number of ether oxygens (including phenoxy) is 1. The molecule has 0 amide bonds. The zero-order valence-corrected chi connectivity index (χ0v) is 15.3. The number of nitrogens with zero attached hydrogens (tertiary/aromatic N) is 3. The average molecular weight is 394 g/mol. The lowest BCUT2D eigenvalue weighted by atomic mass is 10.2. The summed E-state index contributed by atoms with van der Waals surface area (Å²) >= 11 is 12.1. The van der Waals surface area contributed by atoms with Crippen LogP contribution in [0.2, 0.25) is 10.0 Å². The second kappa shape index (κ2) is 6.93. The number of rotatable bonds is 4. The van der Waals surface area contributed by atoms with Crippen molar-refractivity contribution in [2.24, 2.45) is 0 Å². The maximum absolute atomic E-state index is 12.5. The van der Waals surface area contributed by atoms with E-state index in [4.69, 9.17) is 27.9 Å². The summed E-state index contributed by atoms with van der Waals surface area (Å²) < 4.78 is 7.00. The summed E-state index contributed by atoms with van der Waals surface area (Å²) in [5.74, 6) is -0.833. The van der Waals surface area contributed by atoms with Crippen LogP contribution in [-0.4, -0.2) is 20.7 Å². The molecule has 0 saturated heterocycles. The van der Waals surface area contributed by atoms with E-state index in [9.17, 15) is 14.9 Å². The van der Waals surface area contributed by atoms with Crippen LogP contribution in [0.1, 0.15) is 30.2 Å². The van der Waals surface area contributed by atoms with Crippen LogP contribution < -0.4 is 4.74 Å². The van der Waals surface area contributed by atoms with Gasteiger partial charge in [-0.2, -0.15) is 0 Å². The molecular formula is C17H13Cl2N3O4. The van der Waals surface area contributed by atoms with Crippen molar-refractivity contribution in [3.05, 3.63) is 62.1 Å². The standard InChI is InChI=1S/C17H13Cl2N3O4/c1-9(2)21-14-7-6-10(22(24)25)8-11(14)16(20-21)26-17(23)15-12(18)4-3-5-13(15)19/h3-9H,1-2H3. The second-order valence-corrected chi connectivity index (χ2v) is 6.60. The van der Waals surface area contributed by atoms with Crippen LogP contribution in [0.5, 0.6) is 5.88 Å². The number of hydrogen-bond acceptors (Lipinski definition) is 5. The van der Waals surface area contributed by atoms with Crippen LogP contribution in [0.15, 0.2) is 36.4 Å². The average Bonchev–Trinajstić information content (AvgIpc) is 2.93. The Bertz CT molecular complexity index is 1010. The van der Waals surface area contributed by atoms with E-state index in [0.29, 0.717) is 10.9 Å². The van der Waals surface area contributed by atoms with E-state index in [-0.39, 0.29) is 33.2 Å². The molecule has 0 spiro atoms. The zero-order chi connectivity index (χ0) is 19.0. The highest BCUT2D eigenvalue weighted by atomic mass is 35.5. The molecule has 3 rings (SSSR count). The highest BCUT2D eigenvalue weighted by Crippen LogP contribution is 2.32. The number of non-ortho nitro benzene ring substituents is 1. The first-order valence-electron chi connectivity index (χ1n) is 7.62. The van der Waals surface area contributed by atoms with Crippen LogP contribution >= 0.6 is 23.2 Å². The summed E-state index contributed by atoms with van der Waals surface area (Å²) in [6.45, 7) is 3.79. The molecule has 3 aromatic rings. The Morgan fingerprint density at radius 1 is 1.23 bits per heavy atom. The first-order chi connectivity index (χ1) is 12.3. The van der Waals surface area contributed by atoms with Crippen molar-refractivity contribution in [2.75, 3.05) is 0 Å². The highest BCUT2D eigenvalue weighted by molar-refractivity contribution is 6.39. The van der Waals surface area contributed by atoms with Crippen LogP contribution in [-0.2, 0) is 0 Å². The normalized spacial score (nSPS) is 11.1. The van der Waals surface area contributed by atoms with Gasteiger partial charge in [-0.25, -0.2) is 4.79 Å². The Balaban J connectivity index is 2.10. The number of esters is 1. The summed E-state index contributed by atoms with van der Waals surface area (Å²) in [7, 11) is 0. The molecular weight excluding hydrogens is 381 g/mol. The molecule has 0 unspecified atom stereocenters. The zero-order valence-electron chi connectivity index (χ0n) is 13.8. The van der Waals surface area contributed by atoms with Crippen molar-refractivity contribution in [2.45, 2.75) is 19.9 Å². The van der Waals surface area contributed by atoms with E-state index in [1.807, 2.05) is 13.8 Å². The number of nitro groups is 1. The quantitative estimate of drug-likeness (QED) is 0.351. The first kappa shape index (κ1) is 18.2. The number of fused-ring (bicyclic) bond motifs is 1. The lowest BCUT2D eigenvalue weighted by Crippen LogP contribution is -2.11. The Labute approximate surface area is 158 Å². The summed E-state index contributed by atoms with van der Waals surface area (Å²) in [6, 6.07) is 8.85. The van der Waals surface area contributed by atoms with E-state index in [2.05, 4.69) is 5.10 Å². The van der Waals surface area contributed by atoms with Gasteiger partial charge in [-0.1, -0.05) is 29.3 Å². The maximum Gasteiger partial charge on any atom is 0.347 e. The monoisotopic (exact) mass is 393 g/mol. The Morgan fingerprint density at radius 2 is 1.88 bits per heavy atom. The van der Waals surface area contributed by atoms with E-state index >= 15 is 0 Å². The second-order valence-electron chi connectivity index (χ2n) is 5.79. The summed E-state index contributed by atoms with van der Waals surface area (Å²) in [5, 5.41) is 16.0. The van der Waals surface area contributed by atoms with Gasteiger partial charge in [0, 0.05) is 18.2 Å². The molecule has 26 heavy (non-hydrogen) atoms. The molecule has 0 fully saturated rings. The predicted molar refractivity (Wildman–Crippen MR) is 98.2 cm³/mol. The van der Waals surface area contributed by atoms with Gasteiger partial charge >= 0.3 is 5.97 Å². The third-order valence-electron chi connectivity index (χ3n) is 3.71. The minimum atomic E-state index is -0.789. The van der Waals surface area contributed by atoms with Crippen LogP contribution in [0.3, 0.4) is 0 Å². The minimum absolute atomic E-state index is 0.00788. The van der Waals surface area contributed by atoms with Crippen molar-refractivity contribution in [1.82, 2.24) is 9.78 Å². The van der Waals surface area contributed by atoms with Crippen LogP contribution in [0.4, 0.5) is 5.69 Å². The van der Waals surface area contributed by atoms with Gasteiger partial charge in [-0.05, 0) is 32.0 Å². The van der Waals surface area contributed by atoms with Gasteiger partial charge in [-0.3, -0.25) is 14.8 Å². The molecule has 7 nitrogen and oxygen atoms in total. The molecule has 0 radical (unpaired) electrons. The molecule has 1 aromatic heterocycles. The van der Waals surface area contributed by atoms with E-state index in [1.165, 1.54) is 24.3 Å². The van der Waals surface area contributed by atoms with E-state index in [1.54, 1.807) is 16.8 Å². The third kappa shape index (κ3) is 3.23. The van der Waals surface area contributed by atoms with Crippen molar-refractivity contribution in [3.63, 3.8) is 0 Å². The predicted octanol–water partition coefficient (Wildman–Crippen LogP) is 5.05. The fourth-order valence-corrected chi connectivity index (χ4v) is 3.07. The number of benzene rings is 2. The van der Waals surface area contributed by atoms with Gasteiger partial charge in [-0.15, -0.1) is 5.10 Å². The van der Waals surface area contributed by atoms with Gasteiger partial charge in [0.05, 0.1) is 31.4 Å². The molecule has 0 atom stereocenters. The van der Waals surface area contributed by atoms with E-state index in [0.717, 1.165) is 0 Å². The molecule has 134 valence electrons. The summed E-state index contributed by atoms with van der Waals surface area (Å²) in [6.07, 6.45) is 0. The van der Waals surface area contributed by atoms with Crippen LogP contribution in [0.25, 0.3) is 10.9 Å². The fraction of sp³-hybridized carbons (Fsp3) is 0.176. The van der Waals surface area contributed by atoms with Crippen molar-refractivity contribution < 1.29 is 14.5 Å². The van der Waals surface area contributed by atoms with Gasteiger partial charge in [0.1, 0.15) is 0 Å². The van der Waals surface area contributed by atoms with Gasteiger partial charge < -0.3 is 4.74 Å². The van der Waals surface area contributed by atoms with Crippen molar-refractivity contribution in [1.29, 1.82) is 0 Å². The number of carbonyl (C=O) groups is 1. The number of halogens is 2. The third-order valence-corrected chi connectivity index (χ3v) is 4.34. The summed E-state index contributed by atoms with van der Waals surface area (Å²) in [5.41, 5.74) is 0.487. The van der Waals surface area contributed by atoms with Crippen molar-refractivity contribution in [3.8, 4) is 5.88 Å². The first-order valence-corrected chi connectivity index (χ1v) is 8.38. The SMILES string of the molecule is CC(C)n1nc(OC(=O)c2c(Cl)cccc2Cl)c2cc([N+](=O)[O-])ccc21. The van der Waals surface area contributed by atoms with Gasteiger partial charge in [0.2, 0.25) is 5.88 Å². The Morgan fingerprint density at radius 3 is 2.46 bits per heavy atom. The van der Waals surface area contributed by atoms with Crippen molar-refractivity contribution >= 4 is 45.8 Å². The number of nitro benzene ring substituents is 1. The summed E-state index contributed by atoms with van der Waals surface area (Å²) in [4.78, 5) is 23.1. The molecule has 0 saturated carbocycles. The maximum atomic E-state index is 12.5. The molecule has 2 aromatic carbocycles. The lowest BCUT2D eigenvalue weighted by molar-refractivity contribution is -0.384. The molecule has 9 heteroatoms. The Hall–Kier alpha value is -2.64. The number of hydrogen-bond donors (Lipinski definition) is 0. The van der Waals surface area contributed by atoms with E-state index < -0.39 is 10.9 Å². The number of aromatic nitrogens is 2. The number of carbonyl (C=O) groups excluding carboxylic acids is 1. The molecule has 0 N–H and O–H groups in total. The molecule has 0 aliphatic heterocycles. The fourth-order valence-electron chi connectivity index (χ4n) is 2.51. The largest absolute Gasteiger partial charge is 0.401 e.